The quantitative estimate of drug-likeness (QED) is 0.315. The van der Waals surface area contributed by atoms with E-state index in [0.717, 1.165) is 46.1 Å². The highest BCUT2D eigenvalue weighted by Crippen LogP contribution is 2.48. The molecule has 144 valence electrons. The highest BCUT2D eigenvalue weighted by atomic mass is 15.1. The highest BCUT2D eigenvalue weighted by Gasteiger charge is 2.32. The molecule has 31 heavy (non-hydrogen) atoms. The first-order valence-electron chi connectivity index (χ1n) is 10.6. The smallest absolute Gasteiger partial charge is 0.164 e. The Balaban J connectivity index is 1.50. The average molecular weight is 396 g/mol. The molecule has 0 bridgehead atoms. The summed E-state index contributed by atoms with van der Waals surface area (Å²) in [6.07, 6.45) is 5.60. The van der Waals surface area contributed by atoms with E-state index in [9.17, 15) is 0 Å². The molecule has 2 aromatic carbocycles. The van der Waals surface area contributed by atoms with E-state index in [4.69, 9.17) is 15.0 Å². The van der Waals surface area contributed by atoms with Crippen LogP contribution in [0.5, 0.6) is 0 Å². The van der Waals surface area contributed by atoms with Crippen LogP contribution in [0.4, 0.5) is 0 Å². The molecule has 0 saturated carbocycles. The highest BCUT2D eigenvalue weighted by molar-refractivity contribution is 6.09. The van der Waals surface area contributed by atoms with Crippen LogP contribution in [-0.4, -0.2) is 19.4 Å². The topological polar surface area (TPSA) is 43.1 Å². The van der Waals surface area contributed by atoms with Gasteiger partial charge in [-0.15, -0.1) is 0 Å². The van der Waals surface area contributed by atoms with Gasteiger partial charge in [0.2, 0.25) is 0 Å². The molecule has 0 atom stereocenters. The van der Waals surface area contributed by atoms with Crippen LogP contribution >= 0.6 is 0 Å². The van der Waals surface area contributed by atoms with Crippen molar-refractivity contribution >= 4 is 27.6 Å². The van der Waals surface area contributed by atoms with Gasteiger partial charge < -0.3 is 0 Å². The maximum atomic E-state index is 5.17. The lowest BCUT2D eigenvalue weighted by molar-refractivity contribution is 1.09. The van der Waals surface area contributed by atoms with Crippen LogP contribution in [0.2, 0.25) is 0 Å². The summed E-state index contributed by atoms with van der Waals surface area (Å²) in [6, 6.07) is 21.6. The predicted molar refractivity (Wildman–Crippen MR) is 122 cm³/mol. The fourth-order valence-electron chi connectivity index (χ4n) is 5.69. The van der Waals surface area contributed by atoms with Crippen molar-refractivity contribution in [1.82, 2.24) is 19.4 Å². The standard InChI is InChI=1S/C27H16N4/c1-2-6-17-15(5-1)13-16-9-10-18-20(23(16)17)14-22-25(18)30-27-26-19(7-3-11-29-26)24-21(31(22)27)8-4-12-28-24/h1-12H,13-14H2. The zero-order valence-electron chi connectivity index (χ0n) is 16.6. The minimum Gasteiger partial charge on any atom is -0.292 e. The van der Waals surface area contributed by atoms with E-state index in [2.05, 4.69) is 52.9 Å². The molecule has 0 unspecified atom stereocenters. The van der Waals surface area contributed by atoms with Gasteiger partial charge in [-0.25, -0.2) is 4.98 Å². The Hall–Kier alpha value is -4.05. The molecule has 4 heterocycles. The molecule has 0 radical (unpaired) electrons. The molecule has 0 fully saturated rings. The van der Waals surface area contributed by atoms with Gasteiger partial charge in [-0.05, 0) is 58.5 Å². The van der Waals surface area contributed by atoms with Crippen molar-refractivity contribution in [2.75, 3.05) is 0 Å². The van der Waals surface area contributed by atoms with Gasteiger partial charge in [0.1, 0.15) is 5.52 Å². The third-order valence-corrected chi connectivity index (χ3v) is 6.94. The second-order valence-corrected chi connectivity index (χ2v) is 8.47. The first kappa shape index (κ1) is 15.7. The van der Waals surface area contributed by atoms with Crippen molar-refractivity contribution in [2.45, 2.75) is 12.8 Å². The number of fused-ring (bicyclic) bond motifs is 14. The third kappa shape index (κ3) is 1.84. The van der Waals surface area contributed by atoms with Crippen molar-refractivity contribution in [3.63, 3.8) is 0 Å². The Labute approximate surface area is 177 Å². The predicted octanol–water partition coefficient (Wildman–Crippen LogP) is 5.57. The summed E-state index contributed by atoms with van der Waals surface area (Å²) in [7, 11) is 0. The second kappa shape index (κ2) is 5.35. The normalized spacial score (nSPS) is 13.5. The number of nitrogens with zero attached hydrogens (tertiary/aromatic N) is 4. The fraction of sp³-hybridized carbons (Fsp3) is 0.0741. The molecule has 4 aromatic heterocycles. The fourth-order valence-corrected chi connectivity index (χ4v) is 5.69. The van der Waals surface area contributed by atoms with Gasteiger partial charge in [0, 0.05) is 29.8 Å². The Morgan fingerprint density at radius 2 is 1.58 bits per heavy atom. The molecule has 6 aromatic rings. The number of pyridine rings is 3. The molecule has 0 saturated heterocycles. The van der Waals surface area contributed by atoms with Crippen molar-refractivity contribution in [2.24, 2.45) is 0 Å². The molecule has 2 aliphatic rings. The molecular weight excluding hydrogens is 380 g/mol. The maximum absolute atomic E-state index is 5.17. The zero-order chi connectivity index (χ0) is 20.1. The van der Waals surface area contributed by atoms with Gasteiger partial charge in [0.15, 0.2) is 5.65 Å². The van der Waals surface area contributed by atoms with Crippen molar-refractivity contribution in [1.29, 1.82) is 0 Å². The van der Waals surface area contributed by atoms with Crippen LogP contribution in [0.15, 0.2) is 73.1 Å². The number of benzene rings is 2. The molecule has 0 N–H and O–H groups in total. The van der Waals surface area contributed by atoms with Crippen LogP contribution < -0.4 is 0 Å². The minimum absolute atomic E-state index is 0.881. The van der Waals surface area contributed by atoms with Crippen molar-refractivity contribution in [3.8, 4) is 22.4 Å². The lowest BCUT2D eigenvalue weighted by Crippen LogP contribution is -1.99. The van der Waals surface area contributed by atoms with Crippen LogP contribution in [0.25, 0.3) is 50.0 Å². The molecular formula is C27H16N4. The average Bonchev–Trinajstić information content (AvgIpc) is 3.48. The third-order valence-electron chi connectivity index (χ3n) is 6.94. The van der Waals surface area contributed by atoms with Crippen molar-refractivity contribution in [3.05, 3.63) is 95.4 Å². The second-order valence-electron chi connectivity index (χ2n) is 8.47. The number of hydrogen-bond acceptors (Lipinski definition) is 3. The van der Waals surface area contributed by atoms with Crippen LogP contribution in [0, 0.1) is 0 Å². The number of aromatic nitrogens is 4. The lowest BCUT2D eigenvalue weighted by atomic mass is 9.96. The Morgan fingerprint density at radius 1 is 0.710 bits per heavy atom. The number of hydrogen-bond donors (Lipinski definition) is 0. The first-order chi connectivity index (χ1) is 15.4. The molecule has 0 amide bonds. The molecule has 0 spiro atoms. The summed E-state index contributed by atoms with van der Waals surface area (Å²) < 4.78 is 2.29. The SMILES string of the molecule is c1ccc2c(c1)Cc1ccc3c(c1-2)Cc1c-3nc2c3ncccc3c3ncccc3n12. The summed E-state index contributed by atoms with van der Waals surface area (Å²) in [5, 5.41) is 1.05. The summed E-state index contributed by atoms with van der Waals surface area (Å²) in [5.41, 5.74) is 14.6. The Bertz CT molecular complexity index is 1740. The number of imidazole rings is 1. The summed E-state index contributed by atoms with van der Waals surface area (Å²) >= 11 is 0. The van der Waals surface area contributed by atoms with E-state index in [1.807, 2.05) is 24.5 Å². The maximum Gasteiger partial charge on any atom is 0.164 e. The largest absolute Gasteiger partial charge is 0.292 e. The van der Waals surface area contributed by atoms with Crippen molar-refractivity contribution < 1.29 is 0 Å². The molecule has 0 aliphatic heterocycles. The molecule has 2 aliphatic carbocycles. The van der Waals surface area contributed by atoms with Crippen LogP contribution in [0.3, 0.4) is 0 Å². The minimum atomic E-state index is 0.881. The molecule has 4 nitrogen and oxygen atoms in total. The first-order valence-corrected chi connectivity index (χ1v) is 10.6. The van der Waals surface area contributed by atoms with Gasteiger partial charge in [0.05, 0.1) is 22.4 Å². The summed E-state index contributed by atoms with van der Waals surface area (Å²) in [6.45, 7) is 0. The van der Waals surface area contributed by atoms with E-state index in [0.29, 0.717) is 0 Å². The Morgan fingerprint density at radius 3 is 2.55 bits per heavy atom. The number of rotatable bonds is 0. The van der Waals surface area contributed by atoms with E-state index in [1.54, 1.807) is 0 Å². The van der Waals surface area contributed by atoms with Gasteiger partial charge in [0.25, 0.3) is 0 Å². The van der Waals surface area contributed by atoms with Gasteiger partial charge in [-0.3, -0.25) is 14.4 Å². The monoisotopic (exact) mass is 396 g/mol. The Kier molecular flexibility index (Phi) is 2.72. The molecule has 4 heteroatoms. The van der Waals surface area contributed by atoms with Crippen LogP contribution in [-0.2, 0) is 12.8 Å². The lowest BCUT2D eigenvalue weighted by Gasteiger charge is -2.11. The summed E-state index contributed by atoms with van der Waals surface area (Å²) in [5.74, 6) is 0. The molecule has 8 rings (SSSR count). The van der Waals surface area contributed by atoms with Gasteiger partial charge in [-0.2, -0.15) is 0 Å². The zero-order valence-corrected chi connectivity index (χ0v) is 16.6. The van der Waals surface area contributed by atoms with E-state index in [-0.39, 0.29) is 0 Å². The summed E-state index contributed by atoms with van der Waals surface area (Å²) in [4.78, 5) is 14.6. The van der Waals surface area contributed by atoms with Gasteiger partial charge >= 0.3 is 0 Å². The van der Waals surface area contributed by atoms with E-state index < -0.39 is 0 Å². The van der Waals surface area contributed by atoms with Crippen LogP contribution in [0.1, 0.15) is 22.4 Å². The van der Waals surface area contributed by atoms with E-state index in [1.165, 1.54) is 39.1 Å². The van der Waals surface area contributed by atoms with E-state index >= 15 is 0 Å². The van der Waals surface area contributed by atoms with Gasteiger partial charge in [-0.1, -0.05) is 36.4 Å².